The van der Waals surface area contributed by atoms with Gasteiger partial charge in [0.25, 0.3) is 0 Å². The lowest BCUT2D eigenvalue weighted by atomic mass is 9.89. The highest BCUT2D eigenvalue weighted by atomic mass is 19.1. The van der Waals surface area contributed by atoms with Crippen molar-refractivity contribution in [3.8, 4) is 0 Å². The van der Waals surface area contributed by atoms with Gasteiger partial charge in [-0.2, -0.15) is 0 Å². The summed E-state index contributed by atoms with van der Waals surface area (Å²) in [7, 11) is 1.31. The van der Waals surface area contributed by atoms with E-state index in [1.807, 2.05) is 6.92 Å². The molecule has 0 radical (unpaired) electrons. The normalized spacial score (nSPS) is 13.9. The van der Waals surface area contributed by atoms with E-state index in [0.29, 0.717) is 17.5 Å². The molecule has 1 aromatic rings. The summed E-state index contributed by atoms with van der Waals surface area (Å²) in [5.41, 5.74) is 1.21. The average molecular weight is 268 g/mol. The first kappa shape index (κ1) is 15.6. The molecule has 0 aromatic heterocycles. The Kier molecular flexibility index (Phi) is 5.96. The fourth-order valence-electron chi connectivity index (χ4n) is 2.17. The topological polar surface area (TPSA) is 46.5 Å². The molecule has 0 spiro atoms. The number of esters is 1. The minimum absolute atomic E-state index is 0.350. The number of aliphatic hydroxyl groups is 1. The number of methoxy groups -OCH3 is 1. The Morgan fingerprint density at radius 3 is 2.68 bits per heavy atom. The van der Waals surface area contributed by atoms with Gasteiger partial charge in [-0.1, -0.05) is 25.8 Å². The second-order valence-electron chi connectivity index (χ2n) is 4.72. The number of unbranched alkanes of at least 4 members (excludes halogenated alkanes) is 1. The van der Waals surface area contributed by atoms with Gasteiger partial charge in [0.1, 0.15) is 5.82 Å². The van der Waals surface area contributed by atoms with E-state index in [1.165, 1.54) is 25.3 Å². The predicted octanol–water partition coefficient (Wildman–Crippen LogP) is 3.15. The van der Waals surface area contributed by atoms with Crippen molar-refractivity contribution in [3.05, 3.63) is 35.1 Å². The van der Waals surface area contributed by atoms with Crippen LogP contribution in [0.3, 0.4) is 0 Å². The molecule has 106 valence electrons. The van der Waals surface area contributed by atoms with Crippen LogP contribution in [-0.2, 0) is 9.53 Å². The molecule has 0 saturated heterocycles. The van der Waals surface area contributed by atoms with E-state index in [2.05, 4.69) is 0 Å². The summed E-state index contributed by atoms with van der Waals surface area (Å²) >= 11 is 0. The number of carbonyl (C=O) groups is 1. The lowest BCUT2D eigenvalue weighted by Gasteiger charge is -2.22. The molecule has 1 aromatic carbocycles. The summed E-state index contributed by atoms with van der Waals surface area (Å²) in [5, 5.41) is 10.4. The highest BCUT2D eigenvalue weighted by Crippen LogP contribution is 2.29. The van der Waals surface area contributed by atoms with Gasteiger partial charge in [-0.05, 0) is 36.6 Å². The number of halogens is 1. The van der Waals surface area contributed by atoms with Gasteiger partial charge in [0.2, 0.25) is 0 Å². The lowest BCUT2D eigenvalue weighted by Crippen LogP contribution is -2.24. The molecule has 4 heteroatoms. The van der Waals surface area contributed by atoms with E-state index >= 15 is 0 Å². The highest BCUT2D eigenvalue weighted by molar-refractivity contribution is 5.73. The van der Waals surface area contributed by atoms with Crippen LogP contribution in [0, 0.1) is 18.7 Å². The minimum Gasteiger partial charge on any atom is -0.469 e. The highest BCUT2D eigenvalue weighted by Gasteiger charge is 2.29. The van der Waals surface area contributed by atoms with Crippen LogP contribution in [0.5, 0.6) is 0 Å². The van der Waals surface area contributed by atoms with Crippen molar-refractivity contribution < 1.29 is 19.0 Å². The Bertz CT molecular complexity index is 431. The molecule has 1 rings (SSSR count). The van der Waals surface area contributed by atoms with Crippen molar-refractivity contribution in [3.63, 3.8) is 0 Å². The van der Waals surface area contributed by atoms with Crippen LogP contribution < -0.4 is 0 Å². The first-order valence-corrected chi connectivity index (χ1v) is 6.53. The summed E-state index contributed by atoms with van der Waals surface area (Å²) in [6.07, 6.45) is 1.36. The number of ether oxygens (including phenoxy) is 1. The molecule has 1 N–H and O–H groups in total. The van der Waals surface area contributed by atoms with Gasteiger partial charge < -0.3 is 9.84 Å². The molecule has 0 aliphatic carbocycles. The number of hydrogen-bond acceptors (Lipinski definition) is 3. The van der Waals surface area contributed by atoms with Crippen LogP contribution in [0.1, 0.15) is 43.4 Å². The number of benzene rings is 1. The summed E-state index contributed by atoms with van der Waals surface area (Å²) in [6.45, 7) is 3.74. The lowest BCUT2D eigenvalue weighted by molar-refractivity contribution is -0.150. The number of aliphatic hydroxyl groups excluding tert-OH is 1. The SMILES string of the molecule is CCCCC(C(=O)OC)C(O)c1ccc(F)cc1C. The minimum atomic E-state index is -0.959. The van der Waals surface area contributed by atoms with Crippen molar-refractivity contribution in [2.45, 2.75) is 39.2 Å². The molecule has 2 unspecified atom stereocenters. The van der Waals surface area contributed by atoms with Gasteiger partial charge in [0.05, 0.1) is 19.1 Å². The molecule has 0 bridgehead atoms. The van der Waals surface area contributed by atoms with Crippen LogP contribution in [0.4, 0.5) is 4.39 Å². The third-order valence-corrected chi connectivity index (χ3v) is 3.30. The summed E-state index contributed by atoms with van der Waals surface area (Å²) in [6, 6.07) is 4.17. The Balaban J connectivity index is 2.97. The van der Waals surface area contributed by atoms with E-state index in [9.17, 15) is 14.3 Å². The number of rotatable bonds is 6. The molecule has 0 fully saturated rings. The maximum Gasteiger partial charge on any atom is 0.311 e. The fraction of sp³-hybridized carbons (Fsp3) is 0.533. The molecule has 0 aliphatic heterocycles. The van der Waals surface area contributed by atoms with Gasteiger partial charge in [0.15, 0.2) is 0 Å². The van der Waals surface area contributed by atoms with Crippen LogP contribution in [0.25, 0.3) is 0 Å². The van der Waals surface area contributed by atoms with Crippen molar-refractivity contribution in [1.29, 1.82) is 0 Å². The second kappa shape index (κ2) is 7.24. The molecule has 3 nitrogen and oxygen atoms in total. The zero-order valence-electron chi connectivity index (χ0n) is 11.6. The molecule has 0 heterocycles. The van der Waals surface area contributed by atoms with Crippen LogP contribution >= 0.6 is 0 Å². The second-order valence-corrected chi connectivity index (χ2v) is 4.72. The monoisotopic (exact) mass is 268 g/mol. The van der Waals surface area contributed by atoms with Crippen LogP contribution in [-0.4, -0.2) is 18.2 Å². The zero-order chi connectivity index (χ0) is 14.4. The molecule has 0 aliphatic rings. The molecule has 19 heavy (non-hydrogen) atoms. The average Bonchev–Trinajstić information content (AvgIpc) is 2.38. The van der Waals surface area contributed by atoms with Crippen LogP contribution in [0.15, 0.2) is 18.2 Å². The van der Waals surface area contributed by atoms with Crippen molar-refractivity contribution in [1.82, 2.24) is 0 Å². The Labute approximate surface area is 113 Å². The van der Waals surface area contributed by atoms with E-state index in [4.69, 9.17) is 4.74 Å². The maximum absolute atomic E-state index is 13.1. The van der Waals surface area contributed by atoms with Gasteiger partial charge in [-0.15, -0.1) is 0 Å². The van der Waals surface area contributed by atoms with Gasteiger partial charge in [0, 0.05) is 0 Å². The smallest absolute Gasteiger partial charge is 0.311 e. The molecular weight excluding hydrogens is 247 g/mol. The summed E-state index contributed by atoms with van der Waals surface area (Å²) in [4.78, 5) is 11.8. The van der Waals surface area contributed by atoms with Crippen molar-refractivity contribution >= 4 is 5.97 Å². The summed E-state index contributed by atoms with van der Waals surface area (Å²) < 4.78 is 17.8. The van der Waals surface area contributed by atoms with Gasteiger partial charge in [-0.3, -0.25) is 4.79 Å². The van der Waals surface area contributed by atoms with E-state index in [-0.39, 0.29) is 5.82 Å². The quantitative estimate of drug-likeness (QED) is 0.806. The number of hydrogen-bond donors (Lipinski definition) is 1. The molecular formula is C15H21FO3. The zero-order valence-corrected chi connectivity index (χ0v) is 11.6. The van der Waals surface area contributed by atoms with Crippen LogP contribution in [0.2, 0.25) is 0 Å². The van der Waals surface area contributed by atoms with E-state index in [0.717, 1.165) is 12.8 Å². The first-order valence-electron chi connectivity index (χ1n) is 6.53. The Morgan fingerprint density at radius 2 is 2.16 bits per heavy atom. The maximum atomic E-state index is 13.1. The fourth-order valence-corrected chi connectivity index (χ4v) is 2.17. The Morgan fingerprint density at radius 1 is 1.47 bits per heavy atom. The number of aryl methyl sites for hydroxylation is 1. The largest absolute Gasteiger partial charge is 0.469 e. The third-order valence-electron chi connectivity index (χ3n) is 3.30. The standard InChI is InChI=1S/C15H21FO3/c1-4-5-6-13(15(18)19-3)14(17)12-8-7-11(16)9-10(12)2/h7-9,13-14,17H,4-6H2,1-3H3. The van der Waals surface area contributed by atoms with Crippen molar-refractivity contribution in [2.24, 2.45) is 5.92 Å². The Hall–Kier alpha value is -1.42. The van der Waals surface area contributed by atoms with Gasteiger partial charge >= 0.3 is 5.97 Å². The molecule has 0 amide bonds. The van der Waals surface area contributed by atoms with Crippen molar-refractivity contribution in [2.75, 3.05) is 7.11 Å². The van der Waals surface area contributed by atoms with E-state index in [1.54, 1.807) is 6.92 Å². The molecule has 2 atom stereocenters. The number of carbonyl (C=O) groups excluding carboxylic acids is 1. The third kappa shape index (κ3) is 4.03. The first-order chi connectivity index (χ1) is 9.01. The summed E-state index contributed by atoms with van der Waals surface area (Å²) in [5.74, 6) is -1.38. The molecule has 0 saturated carbocycles. The van der Waals surface area contributed by atoms with E-state index < -0.39 is 18.0 Å². The van der Waals surface area contributed by atoms with Gasteiger partial charge in [-0.25, -0.2) is 4.39 Å². The predicted molar refractivity (Wildman–Crippen MR) is 71.1 cm³/mol.